The average Bonchev–Trinajstić information content (AvgIpc) is 3.16. The van der Waals surface area contributed by atoms with Crippen LogP contribution in [-0.2, 0) is 4.79 Å². The van der Waals surface area contributed by atoms with Crippen molar-refractivity contribution in [2.75, 3.05) is 13.2 Å². The second kappa shape index (κ2) is 6.79. The quantitative estimate of drug-likeness (QED) is 0.707. The number of benzene rings is 1. The monoisotopic (exact) mass is 413 g/mol. The van der Waals surface area contributed by atoms with E-state index in [1.54, 1.807) is 11.3 Å². The molecule has 0 N–H and O–H groups in total. The summed E-state index contributed by atoms with van der Waals surface area (Å²) >= 11 is 3.97. The van der Waals surface area contributed by atoms with E-state index in [0.717, 1.165) is 28.7 Å². The molecule has 1 aromatic heterocycles. The third-order valence-corrected chi connectivity index (χ3v) is 5.31. The number of hydrogen-bond acceptors (Lipinski definition) is 3. The zero-order valence-corrected chi connectivity index (χ0v) is 14.5. The molecule has 110 valence electrons. The molecule has 0 aliphatic carbocycles. The Balaban J connectivity index is 1.61. The highest BCUT2D eigenvalue weighted by Gasteiger charge is 2.30. The van der Waals surface area contributed by atoms with Gasteiger partial charge in [-0.05, 0) is 71.1 Å². The van der Waals surface area contributed by atoms with E-state index in [4.69, 9.17) is 4.74 Å². The lowest BCUT2D eigenvalue weighted by Crippen LogP contribution is -2.34. The van der Waals surface area contributed by atoms with Crippen LogP contribution in [0.3, 0.4) is 0 Å². The van der Waals surface area contributed by atoms with Crippen LogP contribution in [0.25, 0.3) is 0 Å². The Morgan fingerprint density at radius 3 is 2.86 bits per heavy atom. The zero-order chi connectivity index (χ0) is 14.7. The van der Waals surface area contributed by atoms with Gasteiger partial charge >= 0.3 is 0 Å². The van der Waals surface area contributed by atoms with Gasteiger partial charge in [-0.25, -0.2) is 0 Å². The molecule has 21 heavy (non-hydrogen) atoms. The van der Waals surface area contributed by atoms with Crippen LogP contribution in [0.15, 0.2) is 41.8 Å². The smallest absolute Gasteiger partial charge is 0.261 e. The number of halogens is 1. The van der Waals surface area contributed by atoms with Gasteiger partial charge in [0.25, 0.3) is 5.91 Å². The van der Waals surface area contributed by atoms with Crippen molar-refractivity contribution in [3.05, 3.63) is 50.2 Å². The standard InChI is InChI=1S/C16H16INO2S/c17-12-5-7-13(8-6-12)20-11-16(19)18-9-1-3-14(18)15-4-2-10-21-15/h2,4-8,10,14H,1,3,9,11H2. The van der Waals surface area contributed by atoms with Crippen LogP contribution in [-0.4, -0.2) is 24.0 Å². The molecule has 3 nitrogen and oxygen atoms in total. The number of amides is 1. The second-order valence-corrected chi connectivity index (χ2v) is 7.23. The van der Waals surface area contributed by atoms with E-state index in [-0.39, 0.29) is 18.6 Å². The molecule has 1 unspecified atom stereocenters. The Morgan fingerprint density at radius 1 is 1.33 bits per heavy atom. The predicted molar refractivity (Wildman–Crippen MR) is 92.7 cm³/mol. The Hall–Kier alpha value is -1.08. The van der Waals surface area contributed by atoms with Gasteiger partial charge in [0.2, 0.25) is 0 Å². The number of rotatable bonds is 4. The van der Waals surface area contributed by atoms with Gasteiger partial charge < -0.3 is 9.64 Å². The largest absolute Gasteiger partial charge is 0.484 e. The summed E-state index contributed by atoms with van der Waals surface area (Å²) < 4.78 is 6.77. The molecule has 1 amide bonds. The number of nitrogens with zero attached hydrogens (tertiary/aromatic N) is 1. The van der Waals surface area contributed by atoms with Crippen molar-refractivity contribution < 1.29 is 9.53 Å². The van der Waals surface area contributed by atoms with Crippen molar-refractivity contribution in [3.63, 3.8) is 0 Å². The molecule has 1 aliphatic rings. The van der Waals surface area contributed by atoms with Gasteiger partial charge in [0.15, 0.2) is 6.61 Å². The van der Waals surface area contributed by atoms with Crippen LogP contribution in [0, 0.1) is 3.57 Å². The van der Waals surface area contributed by atoms with Crippen molar-refractivity contribution in [1.29, 1.82) is 0 Å². The van der Waals surface area contributed by atoms with Gasteiger partial charge in [-0.15, -0.1) is 11.3 Å². The van der Waals surface area contributed by atoms with Crippen LogP contribution >= 0.6 is 33.9 Å². The van der Waals surface area contributed by atoms with E-state index < -0.39 is 0 Å². The summed E-state index contributed by atoms with van der Waals surface area (Å²) in [7, 11) is 0. The van der Waals surface area contributed by atoms with Crippen LogP contribution < -0.4 is 4.74 Å². The fraction of sp³-hybridized carbons (Fsp3) is 0.312. The Labute approximate surface area is 142 Å². The molecule has 0 radical (unpaired) electrons. The first-order valence-electron chi connectivity index (χ1n) is 6.95. The maximum atomic E-state index is 12.4. The first-order valence-corrected chi connectivity index (χ1v) is 8.91. The molecule has 1 aliphatic heterocycles. The van der Waals surface area contributed by atoms with Gasteiger partial charge in [-0.1, -0.05) is 6.07 Å². The van der Waals surface area contributed by atoms with Crippen molar-refractivity contribution in [2.24, 2.45) is 0 Å². The van der Waals surface area contributed by atoms with Gasteiger partial charge in [0.1, 0.15) is 5.75 Å². The molecule has 1 atom stereocenters. The number of likely N-dealkylation sites (tertiary alicyclic amines) is 1. The lowest BCUT2D eigenvalue weighted by atomic mass is 10.2. The summed E-state index contributed by atoms with van der Waals surface area (Å²) in [6.45, 7) is 0.944. The predicted octanol–water partition coefficient (Wildman–Crippen LogP) is 4.10. The minimum atomic E-state index is 0.0736. The average molecular weight is 413 g/mol. The first-order chi connectivity index (χ1) is 10.2. The van der Waals surface area contributed by atoms with Gasteiger partial charge in [-0.3, -0.25) is 4.79 Å². The van der Waals surface area contributed by atoms with Crippen molar-refractivity contribution in [3.8, 4) is 5.75 Å². The lowest BCUT2D eigenvalue weighted by molar-refractivity contribution is -0.134. The molecular weight excluding hydrogens is 397 g/mol. The summed E-state index contributed by atoms with van der Waals surface area (Å²) in [5.74, 6) is 0.820. The molecule has 3 rings (SSSR count). The maximum absolute atomic E-state index is 12.4. The molecular formula is C16H16INO2S. The highest BCUT2D eigenvalue weighted by molar-refractivity contribution is 14.1. The van der Waals surface area contributed by atoms with E-state index in [1.165, 1.54) is 4.88 Å². The zero-order valence-electron chi connectivity index (χ0n) is 11.5. The summed E-state index contributed by atoms with van der Waals surface area (Å²) in [5, 5.41) is 2.07. The summed E-state index contributed by atoms with van der Waals surface area (Å²) in [6, 6.07) is 12.1. The molecule has 0 bridgehead atoms. The van der Waals surface area contributed by atoms with Crippen molar-refractivity contribution in [1.82, 2.24) is 4.90 Å². The Kier molecular flexibility index (Phi) is 4.80. The summed E-state index contributed by atoms with van der Waals surface area (Å²) in [4.78, 5) is 15.6. The number of ether oxygens (including phenoxy) is 1. The summed E-state index contributed by atoms with van der Waals surface area (Å²) in [6.07, 6.45) is 2.12. The molecule has 1 aromatic carbocycles. The van der Waals surface area contributed by atoms with Crippen LogP contribution in [0.1, 0.15) is 23.8 Å². The van der Waals surface area contributed by atoms with Crippen LogP contribution in [0.5, 0.6) is 5.75 Å². The molecule has 1 fully saturated rings. The molecule has 5 heteroatoms. The maximum Gasteiger partial charge on any atom is 0.261 e. The fourth-order valence-electron chi connectivity index (χ4n) is 2.60. The molecule has 0 saturated carbocycles. The van der Waals surface area contributed by atoms with Crippen molar-refractivity contribution in [2.45, 2.75) is 18.9 Å². The molecule has 2 heterocycles. The first kappa shape index (κ1) is 14.8. The molecule has 1 saturated heterocycles. The minimum Gasteiger partial charge on any atom is -0.484 e. The van der Waals surface area contributed by atoms with E-state index in [9.17, 15) is 4.79 Å². The Morgan fingerprint density at radius 2 is 2.14 bits per heavy atom. The highest BCUT2D eigenvalue weighted by Crippen LogP contribution is 2.34. The van der Waals surface area contributed by atoms with Crippen molar-refractivity contribution >= 4 is 39.8 Å². The van der Waals surface area contributed by atoms with E-state index in [0.29, 0.717) is 0 Å². The van der Waals surface area contributed by atoms with E-state index in [2.05, 4.69) is 34.0 Å². The van der Waals surface area contributed by atoms with Crippen LogP contribution in [0.4, 0.5) is 0 Å². The summed E-state index contributed by atoms with van der Waals surface area (Å²) in [5.41, 5.74) is 0. The third-order valence-electron chi connectivity index (χ3n) is 3.62. The fourth-order valence-corrected chi connectivity index (χ4v) is 3.83. The van der Waals surface area contributed by atoms with E-state index >= 15 is 0 Å². The van der Waals surface area contributed by atoms with Crippen LogP contribution in [0.2, 0.25) is 0 Å². The van der Waals surface area contributed by atoms with Gasteiger partial charge in [0.05, 0.1) is 6.04 Å². The van der Waals surface area contributed by atoms with Gasteiger partial charge in [0, 0.05) is 15.0 Å². The second-order valence-electron chi connectivity index (χ2n) is 5.00. The normalized spacial score (nSPS) is 18.0. The number of carbonyl (C=O) groups is 1. The molecule has 2 aromatic rings. The lowest BCUT2D eigenvalue weighted by Gasteiger charge is -2.23. The number of hydrogen-bond donors (Lipinski definition) is 0. The topological polar surface area (TPSA) is 29.5 Å². The Bertz CT molecular complexity index is 597. The minimum absolute atomic E-state index is 0.0736. The highest BCUT2D eigenvalue weighted by atomic mass is 127. The third kappa shape index (κ3) is 3.58. The number of thiophene rings is 1. The van der Waals surface area contributed by atoms with E-state index in [1.807, 2.05) is 35.2 Å². The molecule has 0 spiro atoms. The SMILES string of the molecule is O=C(COc1ccc(I)cc1)N1CCCC1c1cccs1. The van der Waals surface area contributed by atoms with Gasteiger partial charge in [-0.2, -0.15) is 0 Å². The number of carbonyl (C=O) groups excluding carboxylic acids is 1.